The number of hydrogen-bond donors (Lipinski definition) is 1. The molecule has 0 radical (unpaired) electrons. The third-order valence-corrected chi connectivity index (χ3v) is 5.57. The van der Waals surface area contributed by atoms with Crippen molar-refractivity contribution in [2.45, 2.75) is 70.4 Å². The number of carbonyl (C=O) groups excluding carboxylic acids is 1. The fourth-order valence-electron chi connectivity index (χ4n) is 3.86. The van der Waals surface area contributed by atoms with Gasteiger partial charge < -0.3 is 10.0 Å². The van der Waals surface area contributed by atoms with Gasteiger partial charge in [0.15, 0.2) is 0 Å². The van der Waals surface area contributed by atoms with E-state index in [1.165, 1.54) is 6.42 Å². The summed E-state index contributed by atoms with van der Waals surface area (Å²) in [5, 5.41) is 9.89. The molecule has 1 saturated heterocycles. The van der Waals surface area contributed by atoms with Gasteiger partial charge in [0.05, 0.1) is 5.60 Å². The van der Waals surface area contributed by atoms with Gasteiger partial charge in [0.2, 0.25) is 0 Å². The molecular formula is C24H32N2O2. The van der Waals surface area contributed by atoms with E-state index in [-0.39, 0.29) is 11.9 Å². The zero-order chi connectivity index (χ0) is 20.0. The minimum absolute atomic E-state index is 0.139. The summed E-state index contributed by atoms with van der Waals surface area (Å²) in [4.78, 5) is 19.6. The topological polar surface area (TPSA) is 53.4 Å². The van der Waals surface area contributed by atoms with Crippen LogP contribution in [0.25, 0.3) is 0 Å². The Labute approximate surface area is 168 Å². The second-order valence-electron chi connectivity index (χ2n) is 8.52. The standard InChI is InChI=1S/C24H32N2O2/c1-24(2,28)16-15-19-9-11-20(12-10-19)23(27)26-18-6-4-8-22(26)14-13-21-7-3-5-17-25-21/h3,5,7,9-12,17,22,28H,4,6,8,13-16,18H2,1-2H3/t22-/m0/s1. The Morgan fingerprint density at radius 1 is 1.14 bits per heavy atom. The first-order valence-electron chi connectivity index (χ1n) is 10.4. The first-order valence-corrected chi connectivity index (χ1v) is 10.4. The van der Waals surface area contributed by atoms with Crippen molar-refractivity contribution in [1.82, 2.24) is 9.88 Å². The van der Waals surface area contributed by atoms with E-state index in [4.69, 9.17) is 0 Å². The predicted octanol–water partition coefficient (Wildman–Crippen LogP) is 4.41. The summed E-state index contributed by atoms with van der Waals surface area (Å²) < 4.78 is 0. The van der Waals surface area contributed by atoms with Crippen LogP contribution < -0.4 is 0 Å². The number of amides is 1. The largest absolute Gasteiger partial charge is 0.390 e. The fourth-order valence-corrected chi connectivity index (χ4v) is 3.86. The zero-order valence-corrected chi connectivity index (χ0v) is 17.1. The van der Waals surface area contributed by atoms with Crippen LogP contribution in [0.1, 0.15) is 67.6 Å². The monoisotopic (exact) mass is 380 g/mol. The smallest absolute Gasteiger partial charge is 0.254 e. The number of carbonyl (C=O) groups is 1. The van der Waals surface area contributed by atoms with Gasteiger partial charge in [-0.05, 0) is 88.6 Å². The number of aliphatic hydroxyl groups is 1. The molecule has 1 atom stereocenters. The van der Waals surface area contributed by atoms with Gasteiger partial charge >= 0.3 is 0 Å². The molecule has 0 bridgehead atoms. The van der Waals surface area contributed by atoms with E-state index in [1.54, 1.807) is 0 Å². The first kappa shape index (κ1) is 20.5. The van der Waals surface area contributed by atoms with Crippen molar-refractivity contribution in [2.24, 2.45) is 0 Å². The Bertz CT molecular complexity index is 750. The fraction of sp³-hybridized carbons (Fsp3) is 0.500. The number of piperidine rings is 1. The van der Waals surface area contributed by atoms with Gasteiger partial charge in [-0.3, -0.25) is 9.78 Å². The molecule has 1 aliphatic rings. The van der Waals surface area contributed by atoms with E-state index in [1.807, 2.05) is 56.4 Å². The molecule has 1 amide bonds. The van der Waals surface area contributed by atoms with Crippen LogP contribution in [0, 0.1) is 0 Å². The zero-order valence-electron chi connectivity index (χ0n) is 17.1. The Morgan fingerprint density at radius 2 is 1.93 bits per heavy atom. The molecule has 1 aromatic heterocycles. The minimum Gasteiger partial charge on any atom is -0.390 e. The highest BCUT2D eigenvalue weighted by molar-refractivity contribution is 5.94. The highest BCUT2D eigenvalue weighted by atomic mass is 16.3. The Balaban J connectivity index is 1.62. The highest BCUT2D eigenvalue weighted by Gasteiger charge is 2.27. The van der Waals surface area contributed by atoms with Crippen molar-refractivity contribution in [1.29, 1.82) is 0 Å². The number of hydrogen-bond acceptors (Lipinski definition) is 3. The quantitative estimate of drug-likeness (QED) is 0.774. The Hall–Kier alpha value is -2.20. The van der Waals surface area contributed by atoms with Gasteiger partial charge in [-0.2, -0.15) is 0 Å². The van der Waals surface area contributed by atoms with E-state index < -0.39 is 5.60 Å². The number of rotatable bonds is 7. The molecule has 1 fully saturated rings. The van der Waals surface area contributed by atoms with Crippen molar-refractivity contribution in [3.63, 3.8) is 0 Å². The number of benzene rings is 1. The molecule has 0 aliphatic carbocycles. The van der Waals surface area contributed by atoms with E-state index in [2.05, 4.69) is 16.0 Å². The lowest BCUT2D eigenvalue weighted by molar-refractivity contribution is 0.0600. The van der Waals surface area contributed by atoms with Crippen LogP contribution in [0.4, 0.5) is 0 Å². The molecule has 0 saturated carbocycles. The molecule has 1 aromatic carbocycles. The summed E-state index contributed by atoms with van der Waals surface area (Å²) in [7, 11) is 0. The molecule has 4 heteroatoms. The summed E-state index contributed by atoms with van der Waals surface area (Å²) >= 11 is 0. The normalized spacial score (nSPS) is 17.5. The average Bonchev–Trinajstić information content (AvgIpc) is 2.71. The highest BCUT2D eigenvalue weighted by Crippen LogP contribution is 2.24. The number of aromatic nitrogens is 1. The molecule has 0 spiro atoms. The van der Waals surface area contributed by atoms with E-state index in [9.17, 15) is 9.90 Å². The average molecular weight is 381 g/mol. The molecule has 28 heavy (non-hydrogen) atoms. The lowest BCUT2D eigenvalue weighted by atomic mass is 9.95. The van der Waals surface area contributed by atoms with Crippen molar-refractivity contribution in [3.05, 3.63) is 65.5 Å². The van der Waals surface area contributed by atoms with Crippen LogP contribution in [0.15, 0.2) is 48.7 Å². The maximum atomic E-state index is 13.1. The molecule has 4 nitrogen and oxygen atoms in total. The second-order valence-corrected chi connectivity index (χ2v) is 8.52. The lowest BCUT2D eigenvalue weighted by Crippen LogP contribution is -2.44. The Morgan fingerprint density at radius 3 is 2.61 bits per heavy atom. The third kappa shape index (κ3) is 5.90. The summed E-state index contributed by atoms with van der Waals surface area (Å²) in [6.07, 6.45) is 8.57. The number of pyridine rings is 1. The van der Waals surface area contributed by atoms with E-state index >= 15 is 0 Å². The number of likely N-dealkylation sites (tertiary alicyclic amines) is 1. The van der Waals surface area contributed by atoms with Gasteiger partial charge in [-0.25, -0.2) is 0 Å². The van der Waals surface area contributed by atoms with Gasteiger partial charge in [0.1, 0.15) is 0 Å². The molecular weight excluding hydrogens is 348 g/mol. The van der Waals surface area contributed by atoms with Crippen LogP contribution in [-0.2, 0) is 12.8 Å². The number of aryl methyl sites for hydroxylation is 2. The van der Waals surface area contributed by atoms with Crippen molar-refractivity contribution in [3.8, 4) is 0 Å². The Kier molecular flexibility index (Phi) is 6.84. The van der Waals surface area contributed by atoms with Gasteiger partial charge in [-0.1, -0.05) is 18.2 Å². The summed E-state index contributed by atoms with van der Waals surface area (Å²) in [6.45, 7) is 4.49. The lowest BCUT2D eigenvalue weighted by Gasteiger charge is -2.36. The van der Waals surface area contributed by atoms with E-state index in [0.29, 0.717) is 6.42 Å². The van der Waals surface area contributed by atoms with E-state index in [0.717, 1.165) is 55.5 Å². The summed E-state index contributed by atoms with van der Waals surface area (Å²) in [6, 6.07) is 14.2. The predicted molar refractivity (Wildman–Crippen MR) is 112 cm³/mol. The minimum atomic E-state index is -0.664. The molecule has 2 heterocycles. The van der Waals surface area contributed by atoms with Crippen LogP contribution >= 0.6 is 0 Å². The molecule has 0 unspecified atom stereocenters. The van der Waals surface area contributed by atoms with Crippen molar-refractivity contribution in [2.75, 3.05) is 6.54 Å². The van der Waals surface area contributed by atoms with Gasteiger partial charge in [0.25, 0.3) is 5.91 Å². The summed E-state index contributed by atoms with van der Waals surface area (Å²) in [5.74, 6) is 0.139. The van der Waals surface area contributed by atoms with Crippen LogP contribution in [0.5, 0.6) is 0 Å². The van der Waals surface area contributed by atoms with Crippen LogP contribution in [0.2, 0.25) is 0 Å². The SMILES string of the molecule is CC(C)(O)CCc1ccc(C(=O)N2CCCC[C@H]2CCc2ccccn2)cc1. The maximum absolute atomic E-state index is 13.1. The molecule has 1 aliphatic heterocycles. The molecule has 1 N–H and O–H groups in total. The first-order chi connectivity index (χ1) is 13.4. The number of nitrogens with zero attached hydrogens (tertiary/aromatic N) is 2. The van der Waals surface area contributed by atoms with Crippen LogP contribution in [0.3, 0.4) is 0 Å². The molecule has 3 rings (SSSR count). The third-order valence-electron chi connectivity index (χ3n) is 5.57. The van der Waals surface area contributed by atoms with Gasteiger partial charge in [0, 0.05) is 30.0 Å². The molecule has 2 aromatic rings. The summed E-state index contributed by atoms with van der Waals surface area (Å²) in [5.41, 5.74) is 2.35. The second kappa shape index (κ2) is 9.33. The van der Waals surface area contributed by atoms with Crippen molar-refractivity contribution >= 4 is 5.91 Å². The van der Waals surface area contributed by atoms with Crippen LogP contribution in [-0.4, -0.2) is 39.1 Å². The maximum Gasteiger partial charge on any atom is 0.254 e. The molecule has 150 valence electrons. The van der Waals surface area contributed by atoms with Crippen molar-refractivity contribution < 1.29 is 9.90 Å². The van der Waals surface area contributed by atoms with Gasteiger partial charge in [-0.15, -0.1) is 0 Å².